The van der Waals surface area contributed by atoms with Crippen molar-refractivity contribution in [3.05, 3.63) is 83.4 Å². The van der Waals surface area contributed by atoms with E-state index in [9.17, 15) is 4.79 Å². The molecule has 1 nitrogen and oxygen atoms in total. The van der Waals surface area contributed by atoms with E-state index < -0.39 is 0 Å². The first kappa shape index (κ1) is 14.3. The molecular formula is C21H18O. The molecule has 3 rings (SSSR count). The second-order valence-corrected chi connectivity index (χ2v) is 5.59. The van der Waals surface area contributed by atoms with Gasteiger partial charge in [-0.2, -0.15) is 0 Å². The van der Waals surface area contributed by atoms with E-state index in [4.69, 9.17) is 0 Å². The van der Waals surface area contributed by atoms with E-state index in [1.807, 2.05) is 30.3 Å². The maximum absolute atomic E-state index is 11.3. The number of aldehydes is 1. The van der Waals surface area contributed by atoms with E-state index in [-0.39, 0.29) is 0 Å². The summed E-state index contributed by atoms with van der Waals surface area (Å²) in [6.45, 7) is 4.22. The number of hydrogen-bond acceptors (Lipinski definition) is 1. The average molecular weight is 286 g/mol. The van der Waals surface area contributed by atoms with Crippen LogP contribution in [0, 0.1) is 13.8 Å². The number of aryl methyl sites for hydroxylation is 2. The summed E-state index contributed by atoms with van der Waals surface area (Å²) in [6.07, 6.45) is 0.920. The lowest BCUT2D eigenvalue weighted by molar-refractivity contribution is 0.112. The fraction of sp³-hybridized carbons (Fsp3) is 0.0952. The molecule has 0 aromatic heterocycles. The quantitative estimate of drug-likeness (QED) is 0.585. The minimum absolute atomic E-state index is 0.707. The minimum atomic E-state index is 0.707. The fourth-order valence-corrected chi connectivity index (χ4v) is 2.93. The van der Waals surface area contributed by atoms with Crippen LogP contribution in [-0.4, -0.2) is 6.29 Å². The topological polar surface area (TPSA) is 17.1 Å². The molecule has 3 aromatic carbocycles. The Balaban J connectivity index is 2.23. The Labute approximate surface area is 131 Å². The summed E-state index contributed by atoms with van der Waals surface area (Å²) in [6, 6.07) is 22.5. The molecular weight excluding hydrogens is 268 g/mol. The van der Waals surface area contributed by atoms with Gasteiger partial charge in [-0.1, -0.05) is 48.5 Å². The van der Waals surface area contributed by atoms with Gasteiger partial charge in [0.25, 0.3) is 0 Å². The number of carbonyl (C=O) groups excluding carboxylic acids is 1. The van der Waals surface area contributed by atoms with Crippen LogP contribution in [0.1, 0.15) is 21.5 Å². The van der Waals surface area contributed by atoms with Gasteiger partial charge in [0.1, 0.15) is 6.29 Å². The number of benzene rings is 3. The van der Waals surface area contributed by atoms with Gasteiger partial charge in [-0.3, -0.25) is 4.79 Å². The molecule has 1 heteroatoms. The van der Waals surface area contributed by atoms with Crippen LogP contribution in [0.3, 0.4) is 0 Å². The molecule has 0 aliphatic rings. The average Bonchev–Trinajstić information content (AvgIpc) is 2.55. The third-order valence-electron chi connectivity index (χ3n) is 3.97. The normalized spacial score (nSPS) is 10.5. The molecule has 0 spiro atoms. The van der Waals surface area contributed by atoms with Crippen LogP contribution >= 0.6 is 0 Å². The number of rotatable bonds is 3. The Kier molecular flexibility index (Phi) is 3.88. The molecule has 108 valence electrons. The lowest BCUT2D eigenvalue weighted by Gasteiger charge is -2.13. The van der Waals surface area contributed by atoms with E-state index >= 15 is 0 Å². The van der Waals surface area contributed by atoms with Crippen molar-refractivity contribution in [3.63, 3.8) is 0 Å². The zero-order valence-corrected chi connectivity index (χ0v) is 12.8. The molecule has 0 heterocycles. The lowest BCUT2D eigenvalue weighted by atomic mass is 9.91. The maximum Gasteiger partial charge on any atom is 0.150 e. The second kappa shape index (κ2) is 5.98. The van der Waals surface area contributed by atoms with Gasteiger partial charge in [0, 0.05) is 5.56 Å². The van der Waals surface area contributed by atoms with Crippen molar-refractivity contribution in [1.82, 2.24) is 0 Å². The van der Waals surface area contributed by atoms with Gasteiger partial charge in [-0.15, -0.1) is 0 Å². The van der Waals surface area contributed by atoms with Crippen molar-refractivity contribution in [2.24, 2.45) is 0 Å². The van der Waals surface area contributed by atoms with Crippen LogP contribution < -0.4 is 0 Å². The van der Waals surface area contributed by atoms with Crippen LogP contribution in [0.2, 0.25) is 0 Å². The number of hydrogen-bond donors (Lipinski definition) is 0. The monoisotopic (exact) mass is 286 g/mol. The molecule has 0 saturated heterocycles. The van der Waals surface area contributed by atoms with Crippen molar-refractivity contribution in [2.45, 2.75) is 13.8 Å². The molecule has 0 amide bonds. The van der Waals surface area contributed by atoms with E-state index in [0.29, 0.717) is 5.56 Å². The van der Waals surface area contributed by atoms with Crippen molar-refractivity contribution in [1.29, 1.82) is 0 Å². The first-order chi connectivity index (χ1) is 10.7. The molecule has 3 aromatic rings. The molecule has 0 saturated carbocycles. The van der Waals surface area contributed by atoms with Crippen LogP contribution in [0.15, 0.2) is 66.7 Å². The van der Waals surface area contributed by atoms with Crippen LogP contribution in [0.25, 0.3) is 22.3 Å². The molecule has 0 bridgehead atoms. The SMILES string of the molecule is Cc1cccc(C)c1-c1cc(C=O)cc(-c2ccccc2)c1. The van der Waals surface area contributed by atoms with Crippen molar-refractivity contribution >= 4 is 6.29 Å². The van der Waals surface area contributed by atoms with Gasteiger partial charge >= 0.3 is 0 Å². The second-order valence-electron chi connectivity index (χ2n) is 5.59. The van der Waals surface area contributed by atoms with E-state index in [0.717, 1.165) is 23.0 Å². The van der Waals surface area contributed by atoms with Gasteiger partial charge < -0.3 is 0 Å². The lowest BCUT2D eigenvalue weighted by Crippen LogP contribution is -1.91. The predicted octanol–water partition coefficient (Wildman–Crippen LogP) is 5.45. The van der Waals surface area contributed by atoms with Gasteiger partial charge in [0.05, 0.1) is 0 Å². The highest BCUT2D eigenvalue weighted by atomic mass is 16.1. The number of carbonyl (C=O) groups is 1. The van der Waals surface area contributed by atoms with Crippen molar-refractivity contribution in [2.75, 3.05) is 0 Å². The molecule has 0 aliphatic carbocycles. The Morgan fingerprint density at radius 2 is 1.32 bits per heavy atom. The van der Waals surface area contributed by atoms with Crippen LogP contribution in [-0.2, 0) is 0 Å². The summed E-state index contributed by atoms with van der Waals surface area (Å²) >= 11 is 0. The van der Waals surface area contributed by atoms with E-state index in [1.165, 1.54) is 16.7 Å². The highest BCUT2D eigenvalue weighted by Crippen LogP contribution is 2.31. The van der Waals surface area contributed by atoms with E-state index in [2.05, 4.69) is 50.2 Å². The van der Waals surface area contributed by atoms with Crippen molar-refractivity contribution in [3.8, 4) is 22.3 Å². The Bertz CT molecular complexity index is 796. The summed E-state index contributed by atoms with van der Waals surface area (Å²) in [5.74, 6) is 0. The Morgan fingerprint density at radius 3 is 1.95 bits per heavy atom. The van der Waals surface area contributed by atoms with Crippen molar-refractivity contribution < 1.29 is 4.79 Å². The van der Waals surface area contributed by atoms with Crippen LogP contribution in [0.5, 0.6) is 0 Å². The maximum atomic E-state index is 11.3. The van der Waals surface area contributed by atoms with Gasteiger partial charge in [-0.25, -0.2) is 0 Å². The zero-order valence-electron chi connectivity index (χ0n) is 12.8. The minimum Gasteiger partial charge on any atom is -0.298 e. The Hall–Kier alpha value is -2.67. The molecule has 22 heavy (non-hydrogen) atoms. The highest BCUT2D eigenvalue weighted by Gasteiger charge is 2.09. The molecule has 0 atom stereocenters. The zero-order chi connectivity index (χ0) is 15.5. The van der Waals surface area contributed by atoms with Gasteiger partial charge in [0.15, 0.2) is 0 Å². The Morgan fingerprint density at radius 1 is 0.682 bits per heavy atom. The predicted molar refractivity (Wildman–Crippen MR) is 92.2 cm³/mol. The summed E-state index contributed by atoms with van der Waals surface area (Å²) in [5, 5.41) is 0. The largest absolute Gasteiger partial charge is 0.298 e. The summed E-state index contributed by atoms with van der Waals surface area (Å²) in [4.78, 5) is 11.3. The summed E-state index contributed by atoms with van der Waals surface area (Å²) in [5.41, 5.74) is 7.66. The van der Waals surface area contributed by atoms with Gasteiger partial charge in [-0.05, 0) is 65.4 Å². The molecule has 0 aliphatic heterocycles. The van der Waals surface area contributed by atoms with E-state index in [1.54, 1.807) is 0 Å². The third-order valence-corrected chi connectivity index (χ3v) is 3.97. The standard InChI is InChI=1S/C21H18O/c1-15-7-6-8-16(2)21(15)20-12-17(14-22)11-19(13-20)18-9-4-3-5-10-18/h3-14H,1-2H3. The molecule has 0 radical (unpaired) electrons. The fourth-order valence-electron chi connectivity index (χ4n) is 2.93. The summed E-state index contributed by atoms with van der Waals surface area (Å²) in [7, 11) is 0. The highest BCUT2D eigenvalue weighted by molar-refractivity contribution is 5.85. The molecule has 0 unspecified atom stereocenters. The molecule has 0 N–H and O–H groups in total. The summed E-state index contributed by atoms with van der Waals surface area (Å²) < 4.78 is 0. The molecule has 0 fully saturated rings. The third kappa shape index (κ3) is 2.71. The van der Waals surface area contributed by atoms with Crippen LogP contribution in [0.4, 0.5) is 0 Å². The smallest absolute Gasteiger partial charge is 0.150 e. The first-order valence-corrected chi connectivity index (χ1v) is 7.41. The van der Waals surface area contributed by atoms with Gasteiger partial charge in [0.2, 0.25) is 0 Å². The first-order valence-electron chi connectivity index (χ1n) is 7.41.